The Labute approximate surface area is 264 Å². The second-order valence-corrected chi connectivity index (χ2v) is 11.4. The summed E-state index contributed by atoms with van der Waals surface area (Å²) in [6.45, 7) is -0.0239. The Hall–Kier alpha value is -4.75. The average molecular weight is 625 g/mol. The first-order valence-corrected chi connectivity index (χ1v) is 15.4. The van der Waals surface area contributed by atoms with E-state index in [2.05, 4.69) is 26.2 Å². The third-order valence-corrected chi connectivity index (χ3v) is 8.24. The number of para-hydroxylation sites is 1. The van der Waals surface area contributed by atoms with Crippen LogP contribution < -0.4 is 15.4 Å². The quantitative estimate of drug-likeness (QED) is 0.149. The summed E-state index contributed by atoms with van der Waals surface area (Å²) in [5.41, 5.74) is 3.80. The van der Waals surface area contributed by atoms with Crippen molar-refractivity contribution < 1.29 is 24.1 Å². The molecule has 5 aromatic rings. The van der Waals surface area contributed by atoms with Crippen LogP contribution in [0.4, 0.5) is 16.2 Å². The summed E-state index contributed by atoms with van der Waals surface area (Å²) in [5, 5.41) is 27.6. The second-order valence-electron chi connectivity index (χ2n) is 10.4. The van der Waals surface area contributed by atoms with E-state index >= 15 is 0 Å². The van der Waals surface area contributed by atoms with Crippen molar-refractivity contribution in [2.45, 2.75) is 36.7 Å². The molecule has 1 aliphatic rings. The number of nitrogens with one attached hydrogen (secondary N) is 2. The Morgan fingerprint density at radius 1 is 0.911 bits per heavy atom. The van der Waals surface area contributed by atoms with Crippen molar-refractivity contribution in [1.82, 2.24) is 20.2 Å². The van der Waals surface area contributed by atoms with Gasteiger partial charge in [-0.15, -0.1) is 5.10 Å². The van der Waals surface area contributed by atoms with Crippen LogP contribution in [0, 0.1) is 0 Å². The van der Waals surface area contributed by atoms with E-state index < -0.39 is 6.29 Å². The number of hydrogen-bond acceptors (Lipinski definition) is 9. The lowest BCUT2D eigenvalue weighted by molar-refractivity contribution is -0.245. The van der Waals surface area contributed by atoms with Crippen molar-refractivity contribution in [1.29, 1.82) is 0 Å². The van der Waals surface area contributed by atoms with E-state index in [4.69, 9.17) is 14.2 Å². The number of amides is 2. The molecule has 0 unspecified atom stereocenters. The molecule has 1 fully saturated rings. The molecular formula is C33H32N6O5S. The van der Waals surface area contributed by atoms with Gasteiger partial charge in [0, 0.05) is 36.2 Å². The molecule has 4 aromatic carbocycles. The van der Waals surface area contributed by atoms with Gasteiger partial charge in [-0.2, -0.15) is 0 Å². The van der Waals surface area contributed by atoms with Gasteiger partial charge in [0.15, 0.2) is 6.29 Å². The van der Waals surface area contributed by atoms with E-state index in [1.165, 1.54) is 11.8 Å². The lowest BCUT2D eigenvalue weighted by atomic mass is 10.0. The summed E-state index contributed by atoms with van der Waals surface area (Å²) < 4.78 is 20.3. The molecule has 0 radical (unpaired) electrons. The number of urea groups is 1. The fraction of sp³-hybridized carbons (Fsp3) is 0.212. The number of rotatable bonds is 10. The maximum atomic E-state index is 12.9. The van der Waals surface area contributed by atoms with Gasteiger partial charge in [-0.25, -0.2) is 9.48 Å². The summed E-state index contributed by atoms with van der Waals surface area (Å²) in [6.07, 6.45) is -0.454. The number of ether oxygens (including phenoxy) is 3. The molecule has 0 aliphatic carbocycles. The monoisotopic (exact) mass is 624 g/mol. The van der Waals surface area contributed by atoms with Crippen LogP contribution in [0.1, 0.15) is 35.5 Å². The van der Waals surface area contributed by atoms with Gasteiger partial charge in [0.05, 0.1) is 18.8 Å². The number of carbonyl (C=O) groups is 1. The Morgan fingerprint density at radius 3 is 2.40 bits per heavy atom. The highest BCUT2D eigenvalue weighted by molar-refractivity contribution is 7.99. The average Bonchev–Trinajstić information content (AvgIpc) is 3.49. The number of nitrogens with zero attached hydrogens (tertiary/aromatic N) is 4. The molecule has 2 heterocycles. The van der Waals surface area contributed by atoms with Gasteiger partial charge in [0.2, 0.25) is 5.16 Å². The Morgan fingerprint density at radius 2 is 1.67 bits per heavy atom. The Balaban J connectivity index is 1.12. The van der Waals surface area contributed by atoms with Gasteiger partial charge in [-0.3, -0.25) is 0 Å². The maximum absolute atomic E-state index is 12.9. The first kappa shape index (κ1) is 30.3. The van der Waals surface area contributed by atoms with Crippen molar-refractivity contribution >= 4 is 29.2 Å². The zero-order valence-electron chi connectivity index (χ0n) is 24.4. The number of anilines is 2. The third kappa shape index (κ3) is 8.05. The van der Waals surface area contributed by atoms with Crippen LogP contribution in [0.15, 0.2) is 108 Å². The van der Waals surface area contributed by atoms with Crippen LogP contribution in [0.3, 0.4) is 0 Å². The van der Waals surface area contributed by atoms with Gasteiger partial charge >= 0.3 is 6.03 Å². The van der Waals surface area contributed by atoms with E-state index in [-0.39, 0.29) is 24.8 Å². The Kier molecular flexibility index (Phi) is 9.66. The number of aryl methyl sites for hydroxylation is 1. The van der Waals surface area contributed by atoms with Crippen molar-refractivity contribution in [2.24, 2.45) is 7.05 Å². The standard InChI is InChI=1S/C33H32N6O5S/c1-39-33(36-37-38-39)45-21-29-19-30(23-12-10-22(20-40)11-13-23)44-31(43-29)24-6-5-7-26(18-24)35-32(41)34-25-14-16-28(17-15-25)42-27-8-3-2-4-9-27/h2-18,29-31,40H,19-21H2,1H3,(H2,34,35,41)/t29-,30+,31+/m1/s1. The first-order chi connectivity index (χ1) is 22.0. The highest BCUT2D eigenvalue weighted by Gasteiger charge is 2.32. The summed E-state index contributed by atoms with van der Waals surface area (Å²) in [4.78, 5) is 12.9. The Bertz CT molecular complexity index is 1700. The molecule has 0 bridgehead atoms. The highest BCUT2D eigenvalue weighted by Crippen LogP contribution is 2.39. The molecule has 12 heteroatoms. The first-order valence-electron chi connectivity index (χ1n) is 14.4. The van der Waals surface area contributed by atoms with E-state index in [0.29, 0.717) is 34.5 Å². The van der Waals surface area contributed by atoms with E-state index in [0.717, 1.165) is 22.4 Å². The third-order valence-electron chi connectivity index (χ3n) is 7.10. The second kappa shape index (κ2) is 14.4. The normalized spacial score (nSPS) is 17.9. The lowest BCUT2D eigenvalue weighted by Gasteiger charge is -2.36. The molecule has 2 amide bonds. The zero-order valence-corrected chi connectivity index (χ0v) is 25.3. The number of aliphatic hydroxyl groups excluding tert-OH is 1. The van der Waals surface area contributed by atoms with Crippen LogP contribution in [-0.4, -0.2) is 43.2 Å². The number of aromatic nitrogens is 4. The molecule has 1 aromatic heterocycles. The predicted octanol–water partition coefficient (Wildman–Crippen LogP) is 6.48. The predicted molar refractivity (Wildman–Crippen MR) is 170 cm³/mol. The van der Waals surface area contributed by atoms with Crippen molar-refractivity contribution in [2.75, 3.05) is 16.4 Å². The fourth-order valence-corrected chi connectivity index (χ4v) is 5.69. The van der Waals surface area contributed by atoms with Gasteiger partial charge in [-0.05, 0) is 70.1 Å². The molecule has 6 rings (SSSR count). The minimum absolute atomic E-state index is 0.0239. The van der Waals surface area contributed by atoms with Gasteiger partial charge in [0.25, 0.3) is 0 Å². The van der Waals surface area contributed by atoms with Crippen LogP contribution >= 0.6 is 11.8 Å². The van der Waals surface area contributed by atoms with E-state index in [9.17, 15) is 9.90 Å². The smallest absolute Gasteiger partial charge is 0.323 e. The molecule has 1 aliphatic heterocycles. The molecule has 0 spiro atoms. The minimum atomic E-state index is -0.675. The van der Waals surface area contributed by atoms with Crippen molar-refractivity contribution in [3.8, 4) is 11.5 Å². The molecule has 1 saturated heterocycles. The largest absolute Gasteiger partial charge is 0.457 e. The maximum Gasteiger partial charge on any atom is 0.323 e. The topological polar surface area (TPSA) is 133 Å². The molecule has 11 nitrogen and oxygen atoms in total. The molecule has 0 saturated carbocycles. The van der Waals surface area contributed by atoms with Gasteiger partial charge in [-0.1, -0.05) is 66.4 Å². The number of hydrogen-bond donors (Lipinski definition) is 3. The lowest BCUT2D eigenvalue weighted by Crippen LogP contribution is -2.31. The van der Waals surface area contributed by atoms with E-state index in [1.54, 1.807) is 36.0 Å². The summed E-state index contributed by atoms with van der Waals surface area (Å²) in [7, 11) is 1.80. The SMILES string of the molecule is Cn1nnnc1SC[C@H]1C[C@@H](c2ccc(CO)cc2)O[C@@H](c2cccc(NC(=O)Nc3ccc(Oc4ccccc4)cc3)c2)O1. The number of benzene rings is 4. The minimum Gasteiger partial charge on any atom is -0.457 e. The van der Waals surface area contributed by atoms with Crippen LogP contribution in [0.2, 0.25) is 0 Å². The van der Waals surface area contributed by atoms with Gasteiger partial charge in [0.1, 0.15) is 11.5 Å². The van der Waals surface area contributed by atoms with Crippen molar-refractivity contribution in [3.63, 3.8) is 0 Å². The van der Waals surface area contributed by atoms with Gasteiger partial charge < -0.3 is 30.0 Å². The van der Waals surface area contributed by atoms with E-state index in [1.807, 2.05) is 78.9 Å². The molecule has 3 atom stereocenters. The zero-order chi connectivity index (χ0) is 31.0. The van der Waals surface area contributed by atoms with Crippen molar-refractivity contribution in [3.05, 3.63) is 120 Å². The highest BCUT2D eigenvalue weighted by atomic mass is 32.2. The number of thioether (sulfide) groups is 1. The molecular weight excluding hydrogens is 592 g/mol. The fourth-order valence-electron chi connectivity index (χ4n) is 4.82. The molecule has 45 heavy (non-hydrogen) atoms. The number of aliphatic hydroxyl groups is 1. The summed E-state index contributed by atoms with van der Waals surface area (Å²) >= 11 is 1.51. The molecule has 230 valence electrons. The van der Waals surface area contributed by atoms with Crippen LogP contribution in [-0.2, 0) is 23.1 Å². The number of tetrazole rings is 1. The summed E-state index contributed by atoms with van der Waals surface area (Å²) in [6, 6.07) is 31.4. The van der Waals surface area contributed by atoms with Crippen LogP contribution in [0.25, 0.3) is 0 Å². The molecule has 3 N–H and O–H groups in total. The summed E-state index contributed by atoms with van der Waals surface area (Å²) in [5.74, 6) is 2.02. The van der Waals surface area contributed by atoms with Crippen LogP contribution in [0.5, 0.6) is 11.5 Å². The number of carbonyl (C=O) groups excluding carboxylic acids is 1.